The molecule has 170 valence electrons. The maximum Gasteiger partial charge on any atom is 0.253 e. The second-order valence-corrected chi connectivity index (χ2v) is 9.60. The normalized spacial score (nSPS) is 15.5. The van der Waals surface area contributed by atoms with E-state index in [4.69, 9.17) is 11.6 Å². The lowest BCUT2D eigenvalue weighted by Gasteiger charge is -2.35. The predicted molar refractivity (Wildman–Crippen MR) is 124 cm³/mol. The number of halogens is 3. The van der Waals surface area contributed by atoms with Gasteiger partial charge in [-0.3, -0.25) is 4.79 Å². The minimum Gasteiger partial charge on any atom is -0.365 e. The third-order valence-corrected chi connectivity index (χ3v) is 7.21. The highest BCUT2D eigenvalue weighted by Gasteiger charge is 2.46. The number of alkyl halides is 2. The van der Waals surface area contributed by atoms with Gasteiger partial charge in [-0.25, -0.2) is 18.7 Å². The van der Waals surface area contributed by atoms with Crippen LogP contribution in [0.4, 0.5) is 14.6 Å². The van der Waals surface area contributed by atoms with Gasteiger partial charge in [0.2, 0.25) is 0 Å². The molecule has 0 unspecified atom stereocenters. The summed E-state index contributed by atoms with van der Waals surface area (Å²) >= 11 is 7.79. The Morgan fingerprint density at radius 3 is 2.76 bits per heavy atom. The zero-order valence-corrected chi connectivity index (χ0v) is 19.3. The van der Waals surface area contributed by atoms with Gasteiger partial charge in [0.05, 0.1) is 26.5 Å². The second kappa shape index (κ2) is 8.11. The molecule has 0 bridgehead atoms. The third kappa shape index (κ3) is 4.08. The van der Waals surface area contributed by atoms with Gasteiger partial charge in [0.1, 0.15) is 17.0 Å². The van der Waals surface area contributed by atoms with Gasteiger partial charge >= 0.3 is 0 Å². The lowest BCUT2D eigenvalue weighted by molar-refractivity contribution is -0.0901. The Morgan fingerprint density at radius 1 is 1.24 bits per heavy atom. The van der Waals surface area contributed by atoms with Gasteiger partial charge in [-0.15, -0.1) is 16.4 Å². The number of hydrogen-bond donors (Lipinski definition) is 2. The highest BCUT2D eigenvalue weighted by atomic mass is 35.5. The smallest absolute Gasteiger partial charge is 0.253 e. The monoisotopic (exact) mass is 488 g/mol. The molecule has 1 fully saturated rings. The van der Waals surface area contributed by atoms with Crippen molar-refractivity contribution in [2.75, 3.05) is 5.32 Å². The van der Waals surface area contributed by atoms with Crippen molar-refractivity contribution in [1.82, 2.24) is 25.5 Å². The first-order chi connectivity index (χ1) is 15.7. The summed E-state index contributed by atoms with van der Waals surface area (Å²) in [4.78, 5) is 22.0. The van der Waals surface area contributed by atoms with Crippen LogP contribution < -0.4 is 10.6 Å². The van der Waals surface area contributed by atoms with Crippen LogP contribution in [0, 0.1) is 13.8 Å². The Balaban J connectivity index is 1.33. The summed E-state index contributed by atoms with van der Waals surface area (Å²) in [6, 6.07) is 4.53. The van der Waals surface area contributed by atoms with Gasteiger partial charge in [-0.2, -0.15) is 5.10 Å². The average Bonchev–Trinajstić information content (AvgIpc) is 3.13. The molecule has 0 spiro atoms. The number of nitrogens with one attached hydrogen (secondary N) is 2. The number of rotatable bonds is 5. The van der Waals surface area contributed by atoms with E-state index in [1.165, 1.54) is 17.7 Å². The summed E-state index contributed by atoms with van der Waals surface area (Å²) < 4.78 is 26.9. The number of carbonyl (C=O) groups excluding carboxylic acids is 1. The number of anilines is 1. The molecule has 5 rings (SSSR count). The van der Waals surface area contributed by atoms with Crippen molar-refractivity contribution < 1.29 is 13.6 Å². The Labute approximate surface area is 196 Å². The number of amides is 1. The van der Waals surface area contributed by atoms with Gasteiger partial charge in [0.25, 0.3) is 11.8 Å². The maximum absolute atomic E-state index is 13.0. The molecule has 0 radical (unpaired) electrons. The number of fused-ring (bicyclic) bond motifs is 3. The van der Waals surface area contributed by atoms with Gasteiger partial charge in [-0.05, 0) is 37.1 Å². The summed E-state index contributed by atoms with van der Waals surface area (Å²) in [6.07, 6.45) is 0.832. The highest BCUT2D eigenvalue weighted by Crippen LogP contribution is 2.38. The van der Waals surface area contributed by atoms with E-state index in [-0.39, 0.29) is 23.4 Å². The van der Waals surface area contributed by atoms with E-state index in [0.717, 1.165) is 37.3 Å². The predicted octanol–water partition coefficient (Wildman–Crippen LogP) is 5.04. The molecule has 0 aliphatic heterocycles. The van der Waals surface area contributed by atoms with E-state index in [0.29, 0.717) is 12.4 Å². The molecule has 0 atom stereocenters. The van der Waals surface area contributed by atoms with Gasteiger partial charge in [-0.1, -0.05) is 17.7 Å². The molecule has 1 saturated carbocycles. The minimum atomic E-state index is -2.69. The van der Waals surface area contributed by atoms with Crippen LogP contribution in [0.5, 0.6) is 0 Å². The first-order valence-corrected chi connectivity index (χ1v) is 11.5. The van der Waals surface area contributed by atoms with E-state index in [9.17, 15) is 13.6 Å². The van der Waals surface area contributed by atoms with E-state index in [2.05, 4.69) is 30.8 Å². The van der Waals surface area contributed by atoms with Crippen molar-refractivity contribution in [3.63, 3.8) is 0 Å². The lowest BCUT2D eigenvalue weighted by Crippen LogP contribution is -2.50. The number of thiophene rings is 1. The zero-order chi connectivity index (χ0) is 23.3. The lowest BCUT2D eigenvalue weighted by atomic mass is 9.88. The summed E-state index contributed by atoms with van der Waals surface area (Å²) in [7, 11) is 0. The van der Waals surface area contributed by atoms with Crippen molar-refractivity contribution in [2.24, 2.45) is 0 Å². The average molecular weight is 489 g/mol. The Bertz CT molecular complexity index is 1400. The van der Waals surface area contributed by atoms with Crippen molar-refractivity contribution in [1.29, 1.82) is 0 Å². The summed E-state index contributed by atoms with van der Waals surface area (Å²) in [5, 5.41) is 15.6. The molecule has 33 heavy (non-hydrogen) atoms. The first kappa shape index (κ1) is 21.8. The fraction of sp³-hybridized carbons (Fsp3) is 0.318. The second-order valence-electron chi connectivity index (χ2n) is 8.19. The maximum atomic E-state index is 13.0. The zero-order valence-electron chi connectivity index (χ0n) is 17.7. The summed E-state index contributed by atoms with van der Waals surface area (Å²) in [6.45, 7) is 4.34. The molecule has 1 amide bonds. The highest BCUT2D eigenvalue weighted by molar-refractivity contribution is 7.25. The molecule has 0 saturated heterocycles. The van der Waals surface area contributed by atoms with Crippen molar-refractivity contribution in [2.45, 2.75) is 45.2 Å². The fourth-order valence-electron chi connectivity index (χ4n) is 3.87. The van der Waals surface area contributed by atoms with E-state index < -0.39 is 17.9 Å². The number of aryl methyl sites for hydroxylation is 2. The van der Waals surface area contributed by atoms with Crippen LogP contribution in [0.2, 0.25) is 5.02 Å². The molecule has 3 aromatic heterocycles. The summed E-state index contributed by atoms with van der Waals surface area (Å²) in [5.41, 5.74) is 3.83. The molecule has 1 aromatic carbocycles. The topological polar surface area (TPSA) is 92.7 Å². The van der Waals surface area contributed by atoms with Crippen molar-refractivity contribution in [3.05, 3.63) is 51.9 Å². The minimum absolute atomic E-state index is 0.258. The van der Waals surface area contributed by atoms with Crippen molar-refractivity contribution >= 4 is 55.1 Å². The van der Waals surface area contributed by atoms with Crippen molar-refractivity contribution in [3.8, 4) is 0 Å². The first-order valence-electron chi connectivity index (χ1n) is 10.3. The number of benzene rings is 1. The largest absolute Gasteiger partial charge is 0.365 e. The van der Waals surface area contributed by atoms with Gasteiger partial charge in [0.15, 0.2) is 0 Å². The molecule has 1 aliphatic rings. The van der Waals surface area contributed by atoms with Crippen LogP contribution in [0.3, 0.4) is 0 Å². The molecular weight excluding hydrogens is 470 g/mol. The van der Waals surface area contributed by atoms with Gasteiger partial charge in [0, 0.05) is 30.8 Å². The molecule has 2 N–H and O–H groups in total. The molecule has 11 heteroatoms. The summed E-state index contributed by atoms with van der Waals surface area (Å²) in [5.74, 6) is -2.47. The standard InChI is InChI=1S/C22H19ClF2N6OS/c1-10-11(2)30-31-21-16(10)17-18(33-21)19(28-9-27-17)26-8-12-3-4-14(15(23)5-12)20(32)29-13-6-22(24,25)7-13/h3-5,9,13H,6-8H2,1-2H3,(H,29,32)(H,26,27,28). The molecule has 4 aromatic rings. The molecule has 7 nitrogen and oxygen atoms in total. The number of carbonyl (C=O) groups is 1. The van der Waals surface area contributed by atoms with Crippen LogP contribution in [0.25, 0.3) is 20.4 Å². The number of hydrogen-bond acceptors (Lipinski definition) is 7. The number of aromatic nitrogens is 4. The van der Waals surface area contributed by atoms with Gasteiger partial charge < -0.3 is 10.6 Å². The van der Waals surface area contributed by atoms with Crippen LogP contribution >= 0.6 is 22.9 Å². The molecule has 3 heterocycles. The Hall–Kier alpha value is -2.98. The van der Waals surface area contributed by atoms with Crippen LogP contribution in [-0.2, 0) is 6.54 Å². The van der Waals surface area contributed by atoms with E-state index >= 15 is 0 Å². The fourth-order valence-corrected chi connectivity index (χ4v) is 5.26. The Morgan fingerprint density at radius 2 is 2.03 bits per heavy atom. The van der Waals surface area contributed by atoms with Crippen LogP contribution in [0.15, 0.2) is 24.5 Å². The SMILES string of the molecule is Cc1nnc2sc3c(NCc4ccc(C(=O)NC5CC(F)(F)C5)c(Cl)c4)ncnc3c2c1C. The van der Waals surface area contributed by atoms with E-state index in [1.807, 2.05) is 13.8 Å². The van der Waals surface area contributed by atoms with Crippen LogP contribution in [-0.4, -0.2) is 38.0 Å². The van der Waals surface area contributed by atoms with Crippen LogP contribution in [0.1, 0.15) is 40.0 Å². The Kier molecular flexibility index (Phi) is 5.37. The number of nitrogens with zero attached hydrogens (tertiary/aromatic N) is 4. The molecular formula is C22H19ClF2N6OS. The third-order valence-electron chi connectivity index (χ3n) is 5.83. The quantitative estimate of drug-likeness (QED) is 0.408. The van der Waals surface area contributed by atoms with E-state index in [1.54, 1.807) is 18.2 Å². The molecule has 1 aliphatic carbocycles.